The molecule has 4 nitrogen and oxygen atoms in total. The summed E-state index contributed by atoms with van der Waals surface area (Å²) in [5, 5.41) is 15.9. The van der Waals surface area contributed by atoms with E-state index in [0.29, 0.717) is 13.0 Å². The molecule has 1 aromatic heterocycles. The van der Waals surface area contributed by atoms with Crippen LogP contribution in [0.4, 0.5) is 0 Å². The van der Waals surface area contributed by atoms with Crippen molar-refractivity contribution in [3.8, 4) is 0 Å². The van der Waals surface area contributed by atoms with Crippen LogP contribution < -0.4 is 0 Å². The van der Waals surface area contributed by atoms with Crippen LogP contribution in [0.25, 0.3) is 10.9 Å². The van der Waals surface area contributed by atoms with Gasteiger partial charge in [-0.15, -0.1) is 0 Å². The molecule has 0 saturated carbocycles. The van der Waals surface area contributed by atoms with E-state index in [2.05, 4.69) is 24.2 Å². The highest BCUT2D eigenvalue weighted by atomic mass is 16.5. The molecule has 1 heterocycles. The minimum absolute atomic E-state index is 0.171. The molecule has 0 saturated heterocycles. The van der Waals surface area contributed by atoms with Crippen LogP contribution in [0.5, 0.6) is 0 Å². The molecular formula is C15H22N2O2. The Morgan fingerprint density at radius 2 is 2.05 bits per heavy atom. The number of aryl methyl sites for hydroxylation is 1. The summed E-state index contributed by atoms with van der Waals surface area (Å²) in [4.78, 5) is 0. The SMILES string of the molecule is CCOC(C)C(O)Cc1nn(CC)c2ccccc12. The van der Waals surface area contributed by atoms with E-state index in [1.165, 1.54) is 0 Å². The molecule has 2 atom stereocenters. The minimum atomic E-state index is -0.524. The number of para-hydroxylation sites is 1. The smallest absolute Gasteiger partial charge is 0.0855 e. The van der Waals surface area contributed by atoms with Crippen LogP contribution in [0.1, 0.15) is 26.5 Å². The van der Waals surface area contributed by atoms with Crippen molar-refractivity contribution in [2.75, 3.05) is 6.61 Å². The quantitative estimate of drug-likeness (QED) is 0.869. The van der Waals surface area contributed by atoms with Crippen molar-refractivity contribution in [3.63, 3.8) is 0 Å². The highest BCUT2D eigenvalue weighted by Gasteiger charge is 2.18. The van der Waals surface area contributed by atoms with Crippen LogP contribution in [0.3, 0.4) is 0 Å². The Bertz CT molecular complexity index is 536. The topological polar surface area (TPSA) is 47.3 Å². The van der Waals surface area contributed by atoms with E-state index in [0.717, 1.165) is 23.1 Å². The third kappa shape index (κ3) is 2.96. The van der Waals surface area contributed by atoms with Gasteiger partial charge in [-0.2, -0.15) is 5.10 Å². The largest absolute Gasteiger partial charge is 0.390 e. The fraction of sp³-hybridized carbons (Fsp3) is 0.533. The van der Waals surface area contributed by atoms with Crippen molar-refractivity contribution >= 4 is 10.9 Å². The molecule has 0 radical (unpaired) electrons. The molecule has 0 bridgehead atoms. The van der Waals surface area contributed by atoms with Gasteiger partial charge in [-0.1, -0.05) is 18.2 Å². The summed E-state index contributed by atoms with van der Waals surface area (Å²) in [5.41, 5.74) is 2.06. The summed E-state index contributed by atoms with van der Waals surface area (Å²) in [6.07, 6.45) is -0.173. The van der Waals surface area contributed by atoms with Gasteiger partial charge in [0.05, 0.1) is 23.4 Å². The van der Waals surface area contributed by atoms with E-state index >= 15 is 0 Å². The van der Waals surface area contributed by atoms with Crippen molar-refractivity contribution in [1.29, 1.82) is 0 Å². The summed E-state index contributed by atoms with van der Waals surface area (Å²) in [7, 11) is 0. The maximum Gasteiger partial charge on any atom is 0.0855 e. The zero-order valence-electron chi connectivity index (χ0n) is 11.8. The van der Waals surface area contributed by atoms with Crippen LogP contribution in [0, 0.1) is 0 Å². The summed E-state index contributed by atoms with van der Waals surface area (Å²) in [6, 6.07) is 8.14. The molecule has 104 valence electrons. The van der Waals surface area contributed by atoms with Gasteiger partial charge in [-0.3, -0.25) is 4.68 Å². The second kappa shape index (κ2) is 6.17. The summed E-state index contributed by atoms with van der Waals surface area (Å²) >= 11 is 0. The van der Waals surface area contributed by atoms with Gasteiger partial charge < -0.3 is 9.84 Å². The van der Waals surface area contributed by atoms with Gasteiger partial charge in [-0.05, 0) is 26.8 Å². The predicted octanol–water partition coefficient (Wildman–Crippen LogP) is 2.38. The third-order valence-corrected chi connectivity index (χ3v) is 3.41. The molecule has 2 unspecified atom stereocenters. The number of hydrogen-bond acceptors (Lipinski definition) is 3. The Morgan fingerprint density at radius 1 is 1.32 bits per heavy atom. The maximum absolute atomic E-state index is 10.2. The number of aromatic nitrogens is 2. The average molecular weight is 262 g/mol. The molecular weight excluding hydrogens is 240 g/mol. The van der Waals surface area contributed by atoms with E-state index in [1.807, 2.05) is 30.7 Å². The molecule has 1 aromatic carbocycles. The number of ether oxygens (including phenoxy) is 1. The number of aliphatic hydroxyl groups is 1. The molecule has 0 aliphatic carbocycles. The monoisotopic (exact) mass is 262 g/mol. The Morgan fingerprint density at radius 3 is 2.74 bits per heavy atom. The zero-order chi connectivity index (χ0) is 13.8. The Balaban J connectivity index is 2.25. The van der Waals surface area contributed by atoms with Gasteiger partial charge >= 0.3 is 0 Å². The van der Waals surface area contributed by atoms with Gasteiger partial charge in [0.15, 0.2) is 0 Å². The summed E-state index contributed by atoms with van der Waals surface area (Å²) < 4.78 is 7.41. The number of rotatable bonds is 6. The molecule has 2 aromatic rings. The average Bonchev–Trinajstić information content (AvgIpc) is 2.77. The highest BCUT2D eigenvalue weighted by Crippen LogP contribution is 2.20. The number of benzene rings is 1. The molecule has 0 fully saturated rings. The van der Waals surface area contributed by atoms with Crippen molar-refractivity contribution in [1.82, 2.24) is 9.78 Å². The molecule has 0 amide bonds. The normalized spacial score (nSPS) is 14.7. The molecule has 0 aliphatic rings. The number of fused-ring (bicyclic) bond motifs is 1. The molecule has 2 rings (SSSR count). The first-order valence-corrected chi connectivity index (χ1v) is 6.91. The summed E-state index contributed by atoms with van der Waals surface area (Å²) in [6.45, 7) is 7.35. The van der Waals surface area contributed by atoms with Crippen LogP contribution in [-0.2, 0) is 17.7 Å². The number of hydrogen-bond donors (Lipinski definition) is 1. The van der Waals surface area contributed by atoms with E-state index < -0.39 is 6.10 Å². The minimum Gasteiger partial charge on any atom is -0.390 e. The Kier molecular flexibility index (Phi) is 4.56. The van der Waals surface area contributed by atoms with E-state index in [1.54, 1.807) is 0 Å². The van der Waals surface area contributed by atoms with Crippen molar-refractivity contribution < 1.29 is 9.84 Å². The summed E-state index contributed by atoms with van der Waals surface area (Å²) in [5.74, 6) is 0. The molecule has 19 heavy (non-hydrogen) atoms. The lowest BCUT2D eigenvalue weighted by atomic mass is 10.1. The molecule has 0 spiro atoms. The highest BCUT2D eigenvalue weighted by molar-refractivity contribution is 5.82. The van der Waals surface area contributed by atoms with Gasteiger partial charge in [0, 0.05) is 25.0 Å². The van der Waals surface area contributed by atoms with E-state index in [4.69, 9.17) is 4.74 Å². The van der Waals surface area contributed by atoms with E-state index in [9.17, 15) is 5.11 Å². The Hall–Kier alpha value is -1.39. The Labute approximate surface area is 114 Å². The number of nitrogens with zero attached hydrogens (tertiary/aromatic N) is 2. The molecule has 1 N–H and O–H groups in total. The van der Waals surface area contributed by atoms with Gasteiger partial charge in [0.2, 0.25) is 0 Å². The lowest BCUT2D eigenvalue weighted by Crippen LogP contribution is -2.28. The van der Waals surface area contributed by atoms with Gasteiger partial charge in [0.25, 0.3) is 0 Å². The van der Waals surface area contributed by atoms with Crippen molar-refractivity contribution in [3.05, 3.63) is 30.0 Å². The molecule has 4 heteroatoms. The van der Waals surface area contributed by atoms with Crippen LogP contribution in [0.2, 0.25) is 0 Å². The second-order valence-corrected chi connectivity index (χ2v) is 4.71. The molecule has 0 aliphatic heterocycles. The van der Waals surface area contributed by atoms with Crippen LogP contribution in [-0.4, -0.2) is 33.7 Å². The second-order valence-electron chi connectivity index (χ2n) is 4.71. The zero-order valence-corrected chi connectivity index (χ0v) is 11.8. The first kappa shape index (κ1) is 14.0. The lowest BCUT2D eigenvalue weighted by molar-refractivity contribution is -0.0211. The first-order valence-electron chi connectivity index (χ1n) is 6.91. The standard InChI is InChI=1S/C15H22N2O2/c1-4-17-14-9-7-6-8-12(14)13(16-17)10-15(18)11(3)19-5-2/h6-9,11,15,18H,4-5,10H2,1-3H3. The fourth-order valence-electron chi connectivity index (χ4n) is 2.33. The van der Waals surface area contributed by atoms with Gasteiger partial charge in [0.1, 0.15) is 0 Å². The van der Waals surface area contributed by atoms with E-state index in [-0.39, 0.29) is 6.10 Å². The predicted molar refractivity (Wildman–Crippen MR) is 76.2 cm³/mol. The van der Waals surface area contributed by atoms with Crippen LogP contribution >= 0.6 is 0 Å². The van der Waals surface area contributed by atoms with Crippen molar-refractivity contribution in [2.24, 2.45) is 0 Å². The lowest BCUT2D eigenvalue weighted by Gasteiger charge is -2.17. The third-order valence-electron chi connectivity index (χ3n) is 3.41. The maximum atomic E-state index is 10.2. The van der Waals surface area contributed by atoms with Gasteiger partial charge in [-0.25, -0.2) is 0 Å². The van der Waals surface area contributed by atoms with Crippen LogP contribution in [0.15, 0.2) is 24.3 Å². The number of aliphatic hydroxyl groups excluding tert-OH is 1. The first-order chi connectivity index (χ1) is 9.17. The van der Waals surface area contributed by atoms with Crippen molar-refractivity contribution in [2.45, 2.75) is 45.9 Å². The fourth-order valence-corrected chi connectivity index (χ4v) is 2.33.